The second-order valence-electron chi connectivity index (χ2n) is 8.96. The Morgan fingerprint density at radius 3 is 1.52 bits per heavy atom. The molecule has 3 rings (SSSR count). The lowest BCUT2D eigenvalue weighted by molar-refractivity contribution is 0.402. The topological polar surface area (TPSA) is 0 Å². The van der Waals surface area contributed by atoms with Crippen LogP contribution in [0.3, 0.4) is 0 Å². The zero-order chi connectivity index (χ0) is 20.7. The van der Waals surface area contributed by atoms with Crippen LogP contribution in [0.2, 0.25) is 0 Å². The fourth-order valence-corrected chi connectivity index (χ4v) is 5.17. The second kappa shape index (κ2) is 10.1. The normalized spacial score (nSPS) is 13.7. The van der Waals surface area contributed by atoms with E-state index in [1.54, 1.807) is 11.1 Å². The van der Waals surface area contributed by atoms with E-state index in [2.05, 4.69) is 75.6 Å². The van der Waals surface area contributed by atoms with Gasteiger partial charge in [0.15, 0.2) is 0 Å². The minimum Gasteiger partial charge on any atom is -0.103 e. The molecule has 0 unspecified atom stereocenters. The molecule has 0 radical (unpaired) electrons. The molecule has 1 aliphatic carbocycles. The summed E-state index contributed by atoms with van der Waals surface area (Å²) in [5.41, 5.74) is 9.08. The fraction of sp³-hybridized carbons (Fsp3) is 0.448. The molecule has 154 valence electrons. The molecule has 0 amide bonds. The molecule has 0 spiro atoms. The zero-order valence-electron chi connectivity index (χ0n) is 18.6. The van der Waals surface area contributed by atoms with E-state index in [1.807, 2.05) is 0 Å². The van der Waals surface area contributed by atoms with Crippen molar-refractivity contribution < 1.29 is 0 Å². The highest BCUT2D eigenvalue weighted by molar-refractivity contribution is 5.81. The minimum absolute atomic E-state index is 0.186. The predicted molar refractivity (Wildman–Crippen MR) is 129 cm³/mol. The number of benzene rings is 2. The molecular formula is C29H38. The van der Waals surface area contributed by atoms with Gasteiger partial charge in [-0.3, -0.25) is 0 Å². The van der Waals surface area contributed by atoms with Gasteiger partial charge in [-0.15, -0.1) is 13.2 Å². The van der Waals surface area contributed by atoms with E-state index in [9.17, 15) is 0 Å². The van der Waals surface area contributed by atoms with Crippen LogP contribution in [0, 0.1) is 13.8 Å². The molecule has 0 bridgehead atoms. The molecule has 0 heteroatoms. The average Bonchev–Trinajstić information content (AvgIpc) is 2.96. The highest BCUT2D eigenvalue weighted by atomic mass is 14.4. The Hall–Kier alpha value is -2.08. The van der Waals surface area contributed by atoms with Crippen molar-refractivity contribution in [2.24, 2.45) is 0 Å². The Labute approximate surface area is 178 Å². The number of unbranched alkanes of at least 4 members (excludes halogenated alkanes) is 6. The van der Waals surface area contributed by atoms with Crippen molar-refractivity contribution in [1.82, 2.24) is 0 Å². The summed E-state index contributed by atoms with van der Waals surface area (Å²) < 4.78 is 0. The Kier molecular flexibility index (Phi) is 7.53. The molecule has 0 heterocycles. The molecule has 1 aliphatic rings. The van der Waals surface area contributed by atoms with Crippen molar-refractivity contribution in [3.05, 3.63) is 84.0 Å². The van der Waals surface area contributed by atoms with Crippen molar-refractivity contribution in [1.29, 1.82) is 0 Å². The predicted octanol–water partition coefficient (Wildman–Crippen LogP) is 8.84. The monoisotopic (exact) mass is 386 g/mol. The van der Waals surface area contributed by atoms with E-state index in [-0.39, 0.29) is 5.41 Å². The van der Waals surface area contributed by atoms with E-state index in [0.29, 0.717) is 0 Å². The number of allylic oxidation sites excluding steroid dienone is 2. The van der Waals surface area contributed by atoms with Gasteiger partial charge in [0.1, 0.15) is 0 Å². The maximum absolute atomic E-state index is 3.89. The number of aryl methyl sites for hydroxylation is 2. The highest BCUT2D eigenvalue weighted by Gasteiger charge is 2.42. The number of hydrogen-bond acceptors (Lipinski definition) is 0. The van der Waals surface area contributed by atoms with Gasteiger partial charge in [0.25, 0.3) is 0 Å². The summed E-state index contributed by atoms with van der Waals surface area (Å²) >= 11 is 0. The number of fused-ring (bicyclic) bond motifs is 3. The van der Waals surface area contributed by atoms with Gasteiger partial charge in [-0.05, 0) is 74.6 Å². The van der Waals surface area contributed by atoms with Crippen LogP contribution in [0.5, 0.6) is 0 Å². The standard InChI is InChI=1S/C29H38/c1-5-7-9-11-13-19-29(20-14-12-10-8-6-2)27-21-23(3)15-17-25(27)26-18-16-24(4)22-28(26)29/h5-6,15-18,21-22H,1-2,7-14,19-20H2,3-4H3. The molecule has 0 saturated carbocycles. The Bertz CT molecular complexity index is 768. The first-order valence-corrected chi connectivity index (χ1v) is 11.6. The van der Waals surface area contributed by atoms with Gasteiger partial charge in [0.05, 0.1) is 0 Å². The van der Waals surface area contributed by atoms with E-state index in [4.69, 9.17) is 0 Å². The van der Waals surface area contributed by atoms with Crippen LogP contribution in [-0.4, -0.2) is 0 Å². The summed E-state index contributed by atoms with van der Waals surface area (Å²) in [5.74, 6) is 0. The highest BCUT2D eigenvalue weighted by Crippen LogP contribution is 2.54. The lowest BCUT2D eigenvalue weighted by atomic mass is 9.70. The first-order chi connectivity index (χ1) is 14.1. The lowest BCUT2D eigenvalue weighted by Crippen LogP contribution is -2.25. The molecule has 0 fully saturated rings. The summed E-state index contributed by atoms with van der Waals surface area (Å²) in [4.78, 5) is 0. The Morgan fingerprint density at radius 2 is 1.10 bits per heavy atom. The summed E-state index contributed by atoms with van der Waals surface area (Å²) in [6, 6.07) is 14.3. The maximum atomic E-state index is 3.89. The number of hydrogen-bond donors (Lipinski definition) is 0. The van der Waals surface area contributed by atoms with Crippen LogP contribution in [0.4, 0.5) is 0 Å². The summed E-state index contributed by atoms with van der Waals surface area (Å²) in [6.07, 6.45) is 16.6. The van der Waals surface area contributed by atoms with Gasteiger partial charge in [0, 0.05) is 5.41 Å². The molecule has 0 saturated heterocycles. The number of rotatable bonds is 12. The first kappa shape index (κ1) is 21.6. The van der Waals surface area contributed by atoms with Crippen molar-refractivity contribution in [3.8, 4) is 11.1 Å². The van der Waals surface area contributed by atoms with Crippen molar-refractivity contribution in [2.45, 2.75) is 83.5 Å². The first-order valence-electron chi connectivity index (χ1n) is 11.6. The van der Waals surface area contributed by atoms with E-state index < -0.39 is 0 Å². The maximum Gasteiger partial charge on any atom is 0.0215 e. The van der Waals surface area contributed by atoms with Gasteiger partial charge in [0.2, 0.25) is 0 Å². The Morgan fingerprint density at radius 1 is 0.655 bits per heavy atom. The van der Waals surface area contributed by atoms with Crippen LogP contribution >= 0.6 is 0 Å². The molecule has 0 atom stereocenters. The Balaban J connectivity index is 1.95. The third-order valence-corrected chi connectivity index (χ3v) is 6.70. The van der Waals surface area contributed by atoms with Gasteiger partial charge >= 0.3 is 0 Å². The van der Waals surface area contributed by atoms with Gasteiger partial charge < -0.3 is 0 Å². The lowest BCUT2D eigenvalue weighted by Gasteiger charge is -2.33. The van der Waals surface area contributed by atoms with Crippen molar-refractivity contribution in [3.63, 3.8) is 0 Å². The van der Waals surface area contributed by atoms with Crippen molar-refractivity contribution >= 4 is 0 Å². The average molecular weight is 387 g/mol. The molecule has 2 aromatic carbocycles. The summed E-state index contributed by atoms with van der Waals surface area (Å²) in [7, 11) is 0. The molecule has 0 nitrogen and oxygen atoms in total. The van der Waals surface area contributed by atoms with E-state index >= 15 is 0 Å². The quantitative estimate of drug-likeness (QED) is 0.252. The third-order valence-electron chi connectivity index (χ3n) is 6.70. The molecular weight excluding hydrogens is 348 g/mol. The van der Waals surface area contributed by atoms with E-state index in [1.165, 1.54) is 73.6 Å². The van der Waals surface area contributed by atoms with Crippen LogP contribution in [0.1, 0.15) is 86.5 Å². The van der Waals surface area contributed by atoms with Gasteiger partial charge in [-0.1, -0.05) is 85.4 Å². The molecule has 0 aromatic heterocycles. The van der Waals surface area contributed by atoms with Gasteiger partial charge in [-0.2, -0.15) is 0 Å². The second-order valence-corrected chi connectivity index (χ2v) is 8.96. The molecule has 2 aromatic rings. The largest absolute Gasteiger partial charge is 0.103 e. The molecule has 0 N–H and O–H groups in total. The third kappa shape index (κ3) is 4.74. The van der Waals surface area contributed by atoms with E-state index in [0.717, 1.165) is 12.8 Å². The fourth-order valence-electron chi connectivity index (χ4n) is 5.17. The van der Waals surface area contributed by atoms with Gasteiger partial charge in [-0.25, -0.2) is 0 Å². The summed E-state index contributed by atoms with van der Waals surface area (Å²) in [5, 5.41) is 0. The van der Waals surface area contributed by atoms with Crippen LogP contribution in [0.15, 0.2) is 61.7 Å². The SMILES string of the molecule is C=CCCCCCC1(CCCCCC=C)c2cc(C)ccc2-c2ccc(C)cc21. The van der Waals surface area contributed by atoms with Crippen LogP contribution in [0.25, 0.3) is 11.1 Å². The smallest absolute Gasteiger partial charge is 0.0215 e. The minimum atomic E-state index is 0.186. The van der Waals surface area contributed by atoms with Crippen LogP contribution in [-0.2, 0) is 5.41 Å². The molecule has 29 heavy (non-hydrogen) atoms. The van der Waals surface area contributed by atoms with Crippen LogP contribution < -0.4 is 0 Å². The van der Waals surface area contributed by atoms with Crippen molar-refractivity contribution in [2.75, 3.05) is 0 Å². The zero-order valence-corrected chi connectivity index (χ0v) is 18.6. The summed E-state index contributed by atoms with van der Waals surface area (Å²) in [6.45, 7) is 12.3. The molecule has 0 aliphatic heterocycles.